The van der Waals surface area contributed by atoms with Crippen LogP contribution in [0.3, 0.4) is 0 Å². The van der Waals surface area contributed by atoms with Gasteiger partial charge in [-0.1, -0.05) is 18.2 Å². The van der Waals surface area contributed by atoms with Crippen LogP contribution >= 0.6 is 11.8 Å². The van der Waals surface area contributed by atoms with E-state index in [2.05, 4.69) is 10.6 Å². The number of hydrogen-bond donors (Lipinski definition) is 2. The number of para-hydroxylation sites is 1. The Balaban J connectivity index is 1.48. The van der Waals surface area contributed by atoms with Crippen LogP contribution in [0.4, 0.5) is 0 Å². The maximum absolute atomic E-state index is 11.6. The fraction of sp³-hybridized carbons (Fsp3) is 0.294. The van der Waals surface area contributed by atoms with Crippen LogP contribution in [0.25, 0.3) is 0 Å². The van der Waals surface area contributed by atoms with Gasteiger partial charge in [0.2, 0.25) is 5.91 Å². The first kappa shape index (κ1) is 17.9. The Morgan fingerprint density at radius 2 is 1.88 bits per heavy atom. The lowest BCUT2D eigenvalue weighted by molar-refractivity contribution is -0.127. The number of carbonyl (C=O) groups is 2. The zero-order valence-electron chi connectivity index (χ0n) is 13.2. The van der Waals surface area contributed by atoms with Crippen molar-refractivity contribution < 1.29 is 18.7 Å². The summed E-state index contributed by atoms with van der Waals surface area (Å²) in [5.41, 5.74) is 0. The standard InChI is InChI=1S/C17H20N2O4S/c20-16(18-8-10-24-13-15-7-4-9-22-15)11-19-17(21)12-23-14-5-2-1-3-6-14/h1-7,9H,8,10-13H2,(H,18,20)(H,19,21). The van der Waals surface area contributed by atoms with Crippen molar-refractivity contribution in [1.29, 1.82) is 0 Å². The van der Waals surface area contributed by atoms with Crippen LogP contribution in [-0.2, 0) is 15.3 Å². The summed E-state index contributed by atoms with van der Waals surface area (Å²) in [5, 5.41) is 5.26. The smallest absolute Gasteiger partial charge is 0.258 e. The van der Waals surface area contributed by atoms with Crippen LogP contribution < -0.4 is 15.4 Å². The van der Waals surface area contributed by atoms with Gasteiger partial charge < -0.3 is 19.8 Å². The van der Waals surface area contributed by atoms with Gasteiger partial charge in [-0.05, 0) is 24.3 Å². The molecule has 2 amide bonds. The predicted molar refractivity (Wildman–Crippen MR) is 92.8 cm³/mol. The van der Waals surface area contributed by atoms with Crippen molar-refractivity contribution in [2.24, 2.45) is 0 Å². The van der Waals surface area contributed by atoms with E-state index in [1.165, 1.54) is 0 Å². The van der Waals surface area contributed by atoms with Crippen molar-refractivity contribution in [2.75, 3.05) is 25.4 Å². The molecule has 0 aliphatic carbocycles. The number of thioether (sulfide) groups is 1. The number of amides is 2. The number of benzene rings is 1. The van der Waals surface area contributed by atoms with Crippen LogP contribution in [-0.4, -0.2) is 37.3 Å². The molecule has 0 radical (unpaired) electrons. The molecular formula is C17H20N2O4S. The van der Waals surface area contributed by atoms with Gasteiger partial charge >= 0.3 is 0 Å². The summed E-state index contributed by atoms with van der Waals surface area (Å²) >= 11 is 1.67. The minimum absolute atomic E-state index is 0.0557. The van der Waals surface area contributed by atoms with Crippen molar-refractivity contribution >= 4 is 23.6 Å². The van der Waals surface area contributed by atoms with Gasteiger partial charge in [-0.15, -0.1) is 0 Å². The molecule has 1 heterocycles. The lowest BCUT2D eigenvalue weighted by Crippen LogP contribution is -2.39. The van der Waals surface area contributed by atoms with Gasteiger partial charge in [0.25, 0.3) is 5.91 Å². The van der Waals surface area contributed by atoms with E-state index in [1.807, 2.05) is 30.3 Å². The van der Waals surface area contributed by atoms with Gasteiger partial charge in [-0.25, -0.2) is 0 Å². The van der Waals surface area contributed by atoms with Gasteiger partial charge in [-0.3, -0.25) is 9.59 Å². The molecule has 0 aliphatic heterocycles. The van der Waals surface area contributed by atoms with E-state index in [0.717, 1.165) is 17.3 Å². The predicted octanol–water partition coefficient (Wildman–Crippen LogP) is 1.82. The zero-order chi connectivity index (χ0) is 17.0. The van der Waals surface area contributed by atoms with E-state index in [1.54, 1.807) is 30.2 Å². The number of ether oxygens (including phenoxy) is 1. The molecule has 2 aromatic rings. The van der Waals surface area contributed by atoms with Crippen LogP contribution in [0.5, 0.6) is 5.75 Å². The third kappa shape index (κ3) is 7.23. The Morgan fingerprint density at radius 3 is 2.62 bits per heavy atom. The summed E-state index contributed by atoms with van der Waals surface area (Å²) in [6.07, 6.45) is 1.64. The first-order valence-electron chi connectivity index (χ1n) is 7.55. The Morgan fingerprint density at radius 1 is 1.04 bits per heavy atom. The van der Waals surface area contributed by atoms with Crippen molar-refractivity contribution in [3.8, 4) is 5.75 Å². The van der Waals surface area contributed by atoms with Crippen molar-refractivity contribution in [3.63, 3.8) is 0 Å². The average molecular weight is 348 g/mol. The second-order valence-electron chi connectivity index (χ2n) is 4.86. The maximum Gasteiger partial charge on any atom is 0.258 e. The Bertz CT molecular complexity index is 617. The zero-order valence-corrected chi connectivity index (χ0v) is 14.0. The van der Waals surface area contributed by atoms with Crippen LogP contribution in [0, 0.1) is 0 Å². The lowest BCUT2D eigenvalue weighted by atomic mass is 10.3. The molecule has 7 heteroatoms. The second-order valence-corrected chi connectivity index (χ2v) is 5.97. The number of hydrogen-bond acceptors (Lipinski definition) is 5. The monoisotopic (exact) mass is 348 g/mol. The summed E-state index contributed by atoms with van der Waals surface area (Å²) in [5.74, 6) is 2.53. The van der Waals surface area contributed by atoms with Crippen molar-refractivity contribution in [1.82, 2.24) is 10.6 Å². The molecule has 1 aromatic heterocycles. The first-order chi connectivity index (χ1) is 11.7. The van der Waals surface area contributed by atoms with E-state index in [9.17, 15) is 9.59 Å². The van der Waals surface area contributed by atoms with Crippen molar-refractivity contribution in [3.05, 3.63) is 54.5 Å². The molecule has 128 valence electrons. The van der Waals surface area contributed by atoms with Crippen LogP contribution in [0.15, 0.2) is 53.1 Å². The van der Waals surface area contributed by atoms with Crippen molar-refractivity contribution in [2.45, 2.75) is 5.75 Å². The normalized spacial score (nSPS) is 10.2. The highest BCUT2D eigenvalue weighted by molar-refractivity contribution is 7.98. The number of furan rings is 1. The van der Waals surface area contributed by atoms with Crippen LogP contribution in [0.1, 0.15) is 5.76 Å². The number of nitrogens with one attached hydrogen (secondary N) is 2. The van der Waals surface area contributed by atoms with Gasteiger partial charge in [-0.2, -0.15) is 11.8 Å². The van der Waals surface area contributed by atoms with E-state index in [0.29, 0.717) is 12.3 Å². The molecule has 0 spiro atoms. The third-order valence-electron chi connectivity index (χ3n) is 2.95. The third-order valence-corrected chi connectivity index (χ3v) is 3.93. The highest BCUT2D eigenvalue weighted by Crippen LogP contribution is 2.11. The highest BCUT2D eigenvalue weighted by Gasteiger charge is 2.06. The molecule has 6 nitrogen and oxygen atoms in total. The Hall–Kier alpha value is -2.41. The fourth-order valence-corrected chi connectivity index (χ4v) is 2.54. The molecule has 0 atom stereocenters. The van der Waals surface area contributed by atoms with E-state index < -0.39 is 0 Å². The van der Waals surface area contributed by atoms with E-state index in [4.69, 9.17) is 9.15 Å². The fourth-order valence-electron chi connectivity index (χ4n) is 1.79. The molecule has 2 N–H and O–H groups in total. The van der Waals surface area contributed by atoms with Gasteiger partial charge in [0.1, 0.15) is 11.5 Å². The highest BCUT2D eigenvalue weighted by atomic mass is 32.2. The largest absolute Gasteiger partial charge is 0.484 e. The summed E-state index contributed by atoms with van der Waals surface area (Å²) in [7, 11) is 0. The van der Waals surface area contributed by atoms with Gasteiger partial charge in [0.15, 0.2) is 6.61 Å². The Labute approximate surface area is 144 Å². The minimum Gasteiger partial charge on any atom is -0.484 e. The molecular weight excluding hydrogens is 328 g/mol. The SMILES string of the molecule is O=C(CNC(=O)COc1ccccc1)NCCSCc1ccco1. The lowest BCUT2D eigenvalue weighted by Gasteiger charge is -2.08. The number of rotatable bonds is 10. The molecule has 0 fully saturated rings. The molecule has 1 aromatic carbocycles. The topological polar surface area (TPSA) is 80.6 Å². The first-order valence-corrected chi connectivity index (χ1v) is 8.71. The Kier molecular flexibility index (Phi) is 7.76. The molecule has 0 unspecified atom stereocenters. The molecule has 2 rings (SSSR count). The maximum atomic E-state index is 11.6. The molecule has 24 heavy (non-hydrogen) atoms. The van der Waals surface area contributed by atoms with E-state index in [-0.39, 0.29) is 25.0 Å². The van der Waals surface area contributed by atoms with Crippen LogP contribution in [0.2, 0.25) is 0 Å². The second kappa shape index (κ2) is 10.4. The summed E-state index contributed by atoms with van der Waals surface area (Å²) < 4.78 is 10.5. The summed E-state index contributed by atoms with van der Waals surface area (Å²) in [6.45, 7) is 0.372. The molecule has 0 aliphatic rings. The number of carbonyl (C=O) groups excluding carboxylic acids is 2. The quantitative estimate of drug-likeness (QED) is 0.640. The molecule has 0 bridgehead atoms. The van der Waals surface area contributed by atoms with Gasteiger partial charge in [0, 0.05) is 12.3 Å². The summed E-state index contributed by atoms with van der Waals surface area (Å²) in [6, 6.07) is 12.8. The minimum atomic E-state index is -0.332. The van der Waals surface area contributed by atoms with Gasteiger partial charge in [0.05, 0.1) is 18.6 Å². The molecule has 0 saturated heterocycles. The average Bonchev–Trinajstić information content (AvgIpc) is 3.12. The summed E-state index contributed by atoms with van der Waals surface area (Å²) in [4.78, 5) is 23.2. The van der Waals surface area contributed by atoms with E-state index >= 15 is 0 Å². The molecule has 0 saturated carbocycles.